The van der Waals surface area contributed by atoms with Gasteiger partial charge in [0.25, 0.3) is 0 Å². The SMILES string of the molecule is CC[C@H](C)[C@H](NC(=O)[C@H](CCCNC(=N)N)NC(=O)[C@@H]1CCCN1C(=O)[C@H](Cc1cnc[nH]1)NC(=O)[C@@H]1CCCN1C(=O)[C@@H]1CCCN1C(=O)[C@H](CCCNC(=N)N)NC(=O)[C@@H]1CCCN1C(=O)CNC(=O)[C@@H]1CCCN1C(=O)[C@@H](NC(=O)[C@H](Cc1ccc(O)cc1)NC(=O)[C@@H](NC(=O)[C@@H]1CCCN1C(=O)[C@H](CCCNC(=N)N)NC(=O)[C@H](CC(N)=O)NC(=O)[C@H](CC(N)=O)NC(=O)CN)C(C)C)[C@@H](C)CC)C(=O)O. The van der Waals surface area contributed by atoms with Crippen molar-refractivity contribution < 1.29 is 106 Å². The highest BCUT2D eigenvalue weighted by atomic mass is 16.4. The second kappa shape index (κ2) is 55.9. The van der Waals surface area contributed by atoms with Gasteiger partial charge >= 0.3 is 5.97 Å². The molecular formula is C92H145N31O22. The van der Waals surface area contributed by atoms with Crippen molar-refractivity contribution in [3.05, 3.63) is 48.0 Å². The molecule has 145 heavy (non-hydrogen) atoms. The molecule has 0 aliphatic carbocycles. The Labute approximate surface area is 838 Å². The highest BCUT2D eigenvalue weighted by Gasteiger charge is 2.50. The molecule has 1 aromatic heterocycles. The summed E-state index contributed by atoms with van der Waals surface area (Å²) in [6.07, 6.45) is 4.26. The fourth-order valence-electron chi connectivity index (χ4n) is 18.8. The number of aliphatic carboxylic acids is 1. The van der Waals surface area contributed by atoms with Crippen LogP contribution in [0.2, 0.25) is 0 Å². The number of carbonyl (C=O) groups excluding carboxylic acids is 19. The molecule has 6 saturated heterocycles. The fourth-order valence-corrected chi connectivity index (χ4v) is 18.8. The number of hydrogen-bond acceptors (Lipinski definition) is 26. The van der Waals surface area contributed by atoms with Crippen LogP contribution in [-0.2, 0) is 109 Å². The van der Waals surface area contributed by atoms with Gasteiger partial charge in [0.2, 0.25) is 112 Å². The number of carboxylic acids is 1. The van der Waals surface area contributed by atoms with E-state index in [1.54, 1.807) is 41.5 Å². The number of likely N-dealkylation sites (tertiary alicyclic amines) is 6. The van der Waals surface area contributed by atoms with Gasteiger partial charge in [-0.2, -0.15) is 0 Å². The van der Waals surface area contributed by atoms with Crippen LogP contribution in [0.5, 0.6) is 5.75 Å². The van der Waals surface area contributed by atoms with Crippen molar-refractivity contribution in [1.82, 2.24) is 114 Å². The number of nitrogens with one attached hydrogen (secondary N) is 18. The van der Waals surface area contributed by atoms with Gasteiger partial charge in [0.15, 0.2) is 17.9 Å². The Morgan fingerprint density at radius 1 is 0.414 bits per heavy atom. The molecule has 19 amide bonds. The number of aromatic nitrogens is 2. The maximum atomic E-state index is 15.2. The third kappa shape index (κ3) is 33.5. The molecule has 2 aromatic rings. The second-order valence-corrected chi connectivity index (χ2v) is 37.9. The average molecular weight is 2040 g/mol. The minimum absolute atomic E-state index is 0.00473. The predicted octanol–water partition coefficient (Wildman–Crippen LogP) is -7.86. The molecule has 53 nitrogen and oxygen atoms in total. The largest absolute Gasteiger partial charge is 0.508 e. The number of benzene rings is 1. The Balaban J connectivity index is 0.914. The van der Waals surface area contributed by atoms with E-state index in [-0.39, 0.29) is 179 Å². The molecule has 53 heteroatoms. The highest BCUT2D eigenvalue weighted by molar-refractivity contribution is 6.03. The number of imidazole rings is 1. The van der Waals surface area contributed by atoms with Gasteiger partial charge in [0.1, 0.15) is 102 Å². The van der Waals surface area contributed by atoms with Gasteiger partial charge in [-0.1, -0.05) is 66.5 Å². The number of primary amides is 2. The number of phenolic OH excluding ortho intramolecular Hbond substituents is 1. The number of aromatic hydroxyl groups is 1. The van der Waals surface area contributed by atoms with Crippen LogP contribution in [0, 0.1) is 34.0 Å². The molecule has 0 radical (unpaired) electrons. The van der Waals surface area contributed by atoms with Crippen LogP contribution in [0.4, 0.5) is 0 Å². The quantitative estimate of drug-likeness (QED) is 0.0166. The summed E-state index contributed by atoms with van der Waals surface area (Å²) in [4.78, 5) is 298. The Bertz CT molecular complexity index is 4970. The van der Waals surface area contributed by atoms with Gasteiger partial charge in [0, 0.05) is 83.6 Å². The zero-order chi connectivity index (χ0) is 107. The van der Waals surface area contributed by atoms with E-state index in [9.17, 15) is 86.9 Å². The van der Waals surface area contributed by atoms with Crippen LogP contribution in [-0.4, -0.2) is 354 Å². The van der Waals surface area contributed by atoms with E-state index >= 15 is 19.2 Å². The molecular weight excluding hydrogens is 1890 g/mol. The molecule has 18 atom stereocenters. The van der Waals surface area contributed by atoms with Crippen LogP contribution in [0.1, 0.15) is 194 Å². The van der Waals surface area contributed by atoms with Crippen molar-refractivity contribution in [2.24, 2.45) is 52.2 Å². The Morgan fingerprint density at radius 2 is 0.793 bits per heavy atom. The van der Waals surface area contributed by atoms with Crippen LogP contribution in [0.15, 0.2) is 36.8 Å². The Morgan fingerprint density at radius 3 is 1.26 bits per heavy atom. The predicted molar refractivity (Wildman–Crippen MR) is 520 cm³/mol. The number of guanidine groups is 3. The zero-order valence-corrected chi connectivity index (χ0v) is 82.8. The van der Waals surface area contributed by atoms with Gasteiger partial charge in [0.05, 0.1) is 32.3 Å². The number of nitrogens with zero attached hydrogens (tertiary/aromatic N) is 7. The number of phenols is 1. The van der Waals surface area contributed by atoms with E-state index < -0.39 is 265 Å². The van der Waals surface area contributed by atoms with Crippen LogP contribution < -0.4 is 109 Å². The molecule has 0 saturated carbocycles. The molecule has 0 unspecified atom stereocenters. The first kappa shape index (κ1) is 116. The molecule has 800 valence electrons. The topological polar surface area (TPSA) is 826 Å². The number of rotatable bonds is 54. The number of carboxylic acid groups (broad SMARTS) is 1. The number of hydrogen-bond donors (Lipinski definition) is 26. The first-order valence-corrected chi connectivity index (χ1v) is 49.5. The summed E-state index contributed by atoms with van der Waals surface area (Å²) in [5, 5.41) is 80.1. The normalized spacial score (nSPS) is 20.0. The maximum absolute atomic E-state index is 15.2. The van der Waals surface area contributed by atoms with Crippen LogP contribution in [0.3, 0.4) is 0 Å². The summed E-state index contributed by atoms with van der Waals surface area (Å²) in [6, 6.07) is -16.0. The van der Waals surface area contributed by atoms with E-state index in [1.165, 1.54) is 66.2 Å². The van der Waals surface area contributed by atoms with E-state index in [4.69, 9.17) is 50.6 Å². The molecule has 7 heterocycles. The summed E-state index contributed by atoms with van der Waals surface area (Å²) < 4.78 is 0. The molecule has 0 spiro atoms. The Hall–Kier alpha value is -14.6. The number of nitrogens with two attached hydrogens (primary N) is 6. The molecule has 6 fully saturated rings. The van der Waals surface area contributed by atoms with Gasteiger partial charge in [-0.25, -0.2) is 9.78 Å². The van der Waals surface area contributed by atoms with Crippen molar-refractivity contribution in [3.8, 4) is 5.75 Å². The third-order valence-electron chi connectivity index (χ3n) is 27.0. The third-order valence-corrected chi connectivity index (χ3v) is 27.0. The number of H-pyrrole nitrogens is 1. The van der Waals surface area contributed by atoms with Gasteiger partial charge < -0.3 is 153 Å². The first-order chi connectivity index (χ1) is 68.9. The maximum Gasteiger partial charge on any atom is 0.326 e. The minimum atomic E-state index is -1.82. The summed E-state index contributed by atoms with van der Waals surface area (Å²) in [7, 11) is 0. The zero-order valence-electron chi connectivity index (χ0n) is 82.8. The standard InChI is InChI=1S/C92H145N31O22/c1-7-49(5)72(116-77(132)57(40-51-27-29-53(124)30-28-51)113-83(138)71(48(3)4)115-82(137)65-25-15-35-119(65)84(139)55(19-10-32-104-91(98)99)110-76(131)59(43-68(95)126)112-75(130)58(42-67(94)125)108-69(127)44-93)88(143)122-38-13-21-61(122)78(133)106-46-70(128)118-34-12-22-62(118)79(134)111-56(20-11-33-105-92(100)101)85(140)123-39-17-26-66(123)87(142)121-37-16-24-64(121)81(136)114-60(41-52-45-102-47-107-52)86(141)120-36-14-23-63(120)80(135)109-54(18-9-31-103-90(96)97)74(129)117-73(89(144)145)50(6)8-2/h27-30,45,47-50,54-66,71-73,124H,7-26,31-44,46,93H2,1-6H3,(H2,94,125)(H2,95,126)(H,102,107)(H,106,133)(H,108,127)(H,109,135)(H,110,131)(H,111,134)(H,112,130)(H,113,138)(H,114,136)(H,115,137)(H,116,132)(H,117,129)(H,144,145)(H4,96,97,103)(H4,98,99,104)(H4,100,101,105)/t49-,50-,54-,55-,56-,57-,58-,59-,60-,61-,62-,63-,64-,65-,66-,71-,72-,73-/m0/s1. The van der Waals surface area contributed by atoms with Crippen molar-refractivity contribution in [1.29, 1.82) is 16.2 Å². The van der Waals surface area contributed by atoms with Crippen molar-refractivity contribution in [2.45, 2.75) is 292 Å². The van der Waals surface area contributed by atoms with E-state index in [0.29, 0.717) is 49.8 Å². The highest BCUT2D eigenvalue weighted by Crippen LogP contribution is 2.31. The van der Waals surface area contributed by atoms with Gasteiger partial charge in [-0.05, 0) is 151 Å². The minimum Gasteiger partial charge on any atom is -0.508 e. The molecule has 8 rings (SSSR count). The molecule has 6 aliphatic rings. The molecule has 32 N–H and O–H groups in total. The van der Waals surface area contributed by atoms with Crippen LogP contribution >= 0.6 is 0 Å². The van der Waals surface area contributed by atoms with Crippen molar-refractivity contribution in [2.75, 3.05) is 72.0 Å². The molecule has 6 aliphatic heterocycles. The molecule has 0 bridgehead atoms. The fraction of sp³-hybridized carbons (Fsp3) is 0.652. The monoisotopic (exact) mass is 2040 g/mol. The first-order valence-electron chi connectivity index (χ1n) is 49.5. The smallest absolute Gasteiger partial charge is 0.326 e. The Kier molecular flexibility index (Phi) is 44.6. The summed E-state index contributed by atoms with van der Waals surface area (Å²) in [5.41, 5.74) is 33.6. The summed E-state index contributed by atoms with van der Waals surface area (Å²) in [5.74, 6) is -20.1. The lowest BCUT2D eigenvalue weighted by Crippen LogP contribution is -2.61. The lowest BCUT2D eigenvalue weighted by atomic mass is 9.96. The number of amides is 19. The van der Waals surface area contributed by atoms with E-state index in [2.05, 4.69) is 84.4 Å². The summed E-state index contributed by atoms with van der Waals surface area (Å²) in [6.45, 7) is 9.22. The van der Waals surface area contributed by atoms with E-state index in [0.717, 1.165) is 0 Å². The van der Waals surface area contributed by atoms with Gasteiger partial charge in [-0.3, -0.25) is 107 Å². The lowest BCUT2D eigenvalue weighted by molar-refractivity contribution is -0.149. The molecule has 1 aromatic carbocycles. The lowest BCUT2D eigenvalue weighted by Gasteiger charge is -2.34. The second-order valence-electron chi connectivity index (χ2n) is 37.9. The van der Waals surface area contributed by atoms with Gasteiger partial charge in [-0.15, -0.1) is 0 Å². The van der Waals surface area contributed by atoms with Crippen molar-refractivity contribution >= 4 is 136 Å². The summed E-state index contributed by atoms with van der Waals surface area (Å²) >= 11 is 0. The van der Waals surface area contributed by atoms with E-state index in [1.807, 2.05) is 0 Å². The average Bonchev–Trinajstić information content (AvgIpc) is 1.44. The number of aromatic amines is 1. The van der Waals surface area contributed by atoms with Crippen molar-refractivity contribution in [3.63, 3.8) is 0 Å². The van der Waals surface area contributed by atoms with Crippen LogP contribution in [0.25, 0.3) is 0 Å². The number of carbonyl (C=O) groups is 20.